The summed E-state index contributed by atoms with van der Waals surface area (Å²) in [5.74, 6) is 1.55. The molecule has 0 saturated heterocycles. The maximum Gasteiger partial charge on any atom is 0.252 e. The number of pyridine rings is 1. The van der Waals surface area contributed by atoms with Crippen molar-refractivity contribution in [1.29, 1.82) is 0 Å². The molecule has 0 aliphatic carbocycles. The topological polar surface area (TPSA) is 81.1 Å². The van der Waals surface area contributed by atoms with Gasteiger partial charge in [-0.3, -0.25) is 9.78 Å². The van der Waals surface area contributed by atoms with Gasteiger partial charge in [0.05, 0.1) is 22.8 Å². The van der Waals surface area contributed by atoms with Crippen LogP contribution in [0.25, 0.3) is 11.0 Å². The van der Waals surface area contributed by atoms with Crippen LogP contribution in [0.1, 0.15) is 10.4 Å². The lowest BCUT2D eigenvalue weighted by Gasteiger charge is -2.07. The Morgan fingerprint density at radius 1 is 1.07 bits per heavy atom. The number of hydrogen-bond donors (Lipinski definition) is 2. The first kappa shape index (κ1) is 18.6. The van der Waals surface area contributed by atoms with Gasteiger partial charge in [0.2, 0.25) is 5.95 Å². The summed E-state index contributed by atoms with van der Waals surface area (Å²) >= 11 is 0. The van der Waals surface area contributed by atoms with Gasteiger partial charge in [0, 0.05) is 32.0 Å². The number of aromatic nitrogens is 3. The van der Waals surface area contributed by atoms with Crippen molar-refractivity contribution in [2.24, 2.45) is 7.05 Å². The van der Waals surface area contributed by atoms with Gasteiger partial charge in [-0.05, 0) is 30.3 Å². The predicted molar refractivity (Wildman–Crippen MR) is 114 cm³/mol. The predicted octanol–water partition coefficient (Wildman–Crippen LogP) is 2.66. The Kier molecular flexibility index (Phi) is 4.91. The highest BCUT2D eigenvalue weighted by Crippen LogP contribution is 2.28. The Labute approximate surface area is 169 Å². The summed E-state index contributed by atoms with van der Waals surface area (Å²) in [7, 11) is 9.24. The molecule has 0 bridgehead atoms. The Morgan fingerprint density at radius 2 is 1.86 bits per heavy atom. The number of hydrogen-bond acceptors (Lipinski definition) is 5. The van der Waals surface area contributed by atoms with Gasteiger partial charge in [0.15, 0.2) is 0 Å². The second-order valence-corrected chi connectivity index (χ2v) is 6.48. The number of amides is 1. The fourth-order valence-electron chi connectivity index (χ4n) is 2.93. The van der Waals surface area contributed by atoms with Gasteiger partial charge in [-0.15, -0.1) is 0 Å². The molecule has 2 heterocycles. The van der Waals surface area contributed by atoms with E-state index in [4.69, 9.17) is 12.6 Å². The molecule has 2 aromatic heterocycles. The maximum atomic E-state index is 11.8. The van der Waals surface area contributed by atoms with E-state index >= 15 is 0 Å². The van der Waals surface area contributed by atoms with E-state index in [1.54, 1.807) is 19.3 Å². The average Bonchev–Trinajstić information content (AvgIpc) is 3.04. The molecule has 2 N–H and O–H groups in total. The molecule has 0 fully saturated rings. The van der Waals surface area contributed by atoms with E-state index in [1.165, 1.54) is 6.20 Å². The normalized spacial score (nSPS) is 10.7. The summed E-state index contributed by atoms with van der Waals surface area (Å²) in [5, 5.41) is 5.85. The molecule has 4 rings (SSSR count). The highest BCUT2D eigenvalue weighted by Gasteiger charge is 2.11. The Morgan fingerprint density at radius 3 is 2.62 bits per heavy atom. The molecule has 4 aromatic rings. The van der Waals surface area contributed by atoms with Crippen molar-refractivity contribution in [1.82, 2.24) is 19.9 Å². The van der Waals surface area contributed by atoms with Gasteiger partial charge in [0.25, 0.3) is 5.91 Å². The summed E-state index contributed by atoms with van der Waals surface area (Å²) in [6.07, 6.45) is 3.05. The fourth-order valence-corrected chi connectivity index (χ4v) is 2.93. The summed E-state index contributed by atoms with van der Waals surface area (Å²) in [5.41, 5.74) is 3.76. The molecule has 0 atom stereocenters. The van der Waals surface area contributed by atoms with Crippen LogP contribution in [0.4, 0.5) is 11.6 Å². The van der Waals surface area contributed by atoms with Crippen LogP contribution in [-0.2, 0) is 7.05 Å². The van der Waals surface area contributed by atoms with Crippen LogP contribution in [-0.4, -0.2) is 35.3 Å². The van der Waals surface area contributed by atoms with Crippen molar-refractivity contribution < 1.29 is 9.53 Å². The van der Waals surface area contributed by atoms with Crippen molar-refractivity contribution in [2.45, 2.75) is 0 Å². The Balaban J connectivity index is 1.59. The first-order valence-corrected chi connectivity index (χ1v) is 8.97. The van der Waals surface area contributed by atoms with Crippen molar-refractivity contribution in [3.8, 4) is 11.5 Å². The van der Waals surface area contributed by atoms with Crippen LogP contribution in [0.2, 0.25) is 0 Å². The third kappa shape index (κ3) is 3.91. The molecule has 142 valence electrons. The zero-order chi connectivity index (χ0) is 20.4. The first-order valence-electron chi connectivity index (χ1n) is 8.97. The smallest absolute Gasteiger partial charge is 0.252 e. The van der Waals surface area contributed by atoms with Crippen LogP contribution in [0.5, 0.6) is 11.5 Å². The molecular weight excluding hydrogens is 365 g/mol. The number of rotatable bonds is 5. The third-order valence-corrected chi connectivity index (χ3v) is 4.46. The van der Waals surface area contributed by atoms with Crippen molar-refractivity contribution in [3.63, 3.8) is 0 Å². The number of imidazole rings is 1. The van der Waals surface area contributed by atoms with Gasteiger partial charge in [-0.25, -0.2) is 4.98 Å². The molecule has 7 nitrogen and oxygen atoms in total. The lowest BCUT2D eigenvalue weighted by molar-refractivity contribution is 0.0962. The third-order valence-electron chi connectivity index (χ3n) is 4.46. The van der Waals surface area contributed by atoms with E-state index in [0.717, 1.165) is 16.7 Å². The number of carbonyl (C=O) groups excluding carboxylic acids is 1. The molecule has 0 aliphatic rings. The molecule has 0 spiro atoms. The number of benzene rings is 2. The molecule has 29 heavy (non-hydrogen) atoms. The number of anilines is 2. The molecule has 1 amide bonds. The Bertz CT molecular complexity index is 1190. The molecule has 2 radical (unpaired) electrons. The van der Waals surface area contributed by atoms with E-state index in [0.29, 0.717) is 28.5 Å². The van der Waals surface area contributed by atoms with Gasteiger partial charge in [-0.2, -0.15) is 0 Å². The van der Waals surface area contributed by atoms with Crippen molar-refractivity contribution in [2.75, 3.05) is 12.4 Å². The second kappa shape index (κ2) is 7.67. The molecule has 0 saturated carbocycles. The minimum absolute atomic E-state index is 0.221. The summed E-state index contributed by atoms with van der Waals surface area (Å²) in [4.78, 5) is 20.5. The number of nitrogens with one attached hydrogen (secondary N) is 2. The Hall–Kier alpha value is -3.81. The highest BCUT2D eigenvalue weighted by atomic mass is 16.5. The average molecular weight is 383 g/mol. The molecule has 2 aromatic carbocycles. The van der Waals surface area contributed by atoms with Gasteiger partial charge < -0.3 is 19.9 Å². The van der Waals surface area contributed by atoms with E-state index in [1.807, 2.05) is 54.1 Å². The van der Waals surface area contributed by atoms with E-state index in [9.17, 15) is 4.79 Å². The van der Waals surface area contributed by atoms with Gasteiger partial charge in [-0.1, -0.05) is 17.6 Å². The molecule has 0 unspecified atom stereocenters. The largest absolute Gasteiger partial charge is 0.456 e. The first-order chi connectivity index (χ1) is 14.0. The van der Waals surface area contributed by atoms with Crippen LogP contribution >= 0.6 is 0 Å². The lowest BCUT2D eigenvalue weighted by atomic mass is 9.96. The van der Waals surface area contributed by atoms with E-state index < -0.39 is 0 Å². The van der Waals surface area contributed by atoms with E-state index in [-0.39, 0.29) is 5.91 Å². The SMILES string of the molecule is [B]c1ccc(Nc2nc3cc(Oc4cncc(C(=O)NC)c4)ccc3n2C)cc1. The number of fused-ring (bicyclic) bond motifs is 1. The number of aryl methyl sites for hydroxylation is 1. The maximum absolute atomic E-state index is 11.8. The monoisotopic (exact) mass is 383 g/mol. The van der Waals surface area contributed by atoms with Crippen LogP contribution in [0.3, 0.4) is 0 Å². The quantitative estimate of drug-likeness (QED) is 0.518. The van der Waals surface area contributed by atoms with Crippen molar-refractivity contribution >= 4 is 41.9 Å². The number of ether oxygens (including phenoxy) is 1. The van der Waals surface area contributed by atoms with Crippen LogP contribution in [0.15, 0.2) is 60.9 Å². The minimum atomic E-state index is -0.221. The minimum Gasteiger partial charge on any atom is -0.456 e. The van der Waals surface area contributed by atoms with Gasteiger partial charge >= 0.3 is 0 Å². The molecular formula is C21H18BN5O2. The molecule has 8 heteroatoms. The molecule has 0 aliphatic heterocycles. The number of carbonyl (C=O) groups is 1. The zero-order valence-electron chi connectivity index (χ0n) is 16.0. The highest BCUT2D eigenvalue weighted by molar-refractivity contribution is 6.32. The van der Waals surface area contributed by atoms with Crippen LogP contribution in [0, 0.1) is 0 Å². The summed E-state index contributed by atoms with van der Waals surface area (Å²) in [6, 6.07) is 14.7. The second-order valence-electron chi connectivity index (χ2n) is 6.48. The lowest BCUT2D eigenvalue weighted by Crippen LogP contribution is -2.17. The standard InChI is InChI=1S/C21H18BN5O2/c1-23-20(28)13-9-17(12-24-11-13)29-16-7-8-19-18(10-16)26-21(27(19)2)25-15-5-3-14(22)4-6-15/h3-12H,1-2H3,(H,23,28)(H,25,26). The van der Waals surface area contributed by atoms with E-state index in [2.05, 4.69) is 20.6 Å². The van der Waals surface area contributed by atoms with Crippen LogP contribution < -0.4 is 20.8 Å². The van der Waals surface area contributed by atoms with Crippen molar-refractivity contribution in [3.05, 3.63) is 66.5 Å². The summed E-state index contributed by atoms with van der Waals surface area (Å²) in [6.45, 7) is 0. The fraction of sp³-hybridized carbons (Fsp3) is 0.0952. The number of nitrogens with zero attached hydrogens (tertiary/aromatic N) is 3. The zero-order valence-corrected chi connectivity index (χ0v) is 16.0. The summed E-state index contributed by atoms with van der Waals surface area (Å²) < 4.78 is 7.84. The van der Waals surface area contributed by atoms with Gasteiger partial charge in [0.1, 0.15) is 19.3 Å².